The molecule has 1 N–H and O–H groups in total. The third kappa shape index (κ3) is 5.82. The van der Waals surface area contributed by atoms with Crippen LogP contribution in [0.3, 0.4) is 0 Å². The van der Waals surface area contributed by atoms with E-state index in [4.69, 9.17) is 23.4 Å². The van der Waals surface area contributed by atoms with E-state index in [1.54, 1.807) is 12.1 Å². The van der Waals surface area contributed by atoms with Crippen molar-refractivity contribution in [2.45, 2.75) is 11.0 Å². The normalized spacial score (nSPS) is 15.1. The van der Waals surface area contributed by atoms with Gasteiger partial charge in [-0.25, -0.2) is 8.42 Å². The van der Waals surface area contributed by atoms with Crippen molar-refractivity contribution in [2.24, 2.45) is 0 Å². The topological polar surface area (TPSA) is 142 Å². The van der Waals surface area contributed by atoms with E-state index in [0.29, 0.717) is 11.5 Å². The van der Waals surface area contributed by atoms with Gasteiger partial charge in [-0.2, -0.15) is 4.31 Å². The van der Waals surface area contributed by atoms with E-state index in [1.165, 1.54) is 42.8 Å². The van der Waals surface area contributed by atoms with Crippen molar-refractivity contribution in [1.29, 1.82) is 0 Å². The Morgan fingerprint density at radius 2 is 1.69 bits per heavy atom. The van der Waals surface area contributed by atoms with E-state index in [0.717, 1.165) is 0 Å². The predicted octanol–water partition coefficient (Wildman–Crippen LogP) is 2.12. The molecule has 0 fully saturated rings. The molecule has 2 aromatic carbocycles. The molecule has 36 heavy (non-hydrogen) atoms. The number of ether oxygens (including phenoxy) is 4. The fourth-order valence-corrected chi connectivity index (χ4v) is 4.80. The van der Waals surface area contributed by atoms with Crippen LogP contribution in [-0.4, -0.2) is 76.0 Å². The Kier molecular flexibility index (Phi) is 8.15. The first kappa shape index (κ1) is 25.6. The highest BCUT2D eigenvalue weighted by Gasteiger charge is 2.28. The Hall–Kier alpha value is -3.52. The molecule has 0 saturated heterocycles. The minimum Gasteiger partial charge on any atom is -0.485 e. The smallest absolute Gasteiger partial charge is 0.322 e. The molecule has 1 unspecified atom stereocenters. The molecule has 3 aromatic rings. The van der Waals surface area contributed by atoms with Gasteiger partial charge < -0.3 is 23.4 Å². The number of benzene rings is 2. The van der Waals surface area contributed by atoms with Crippen LogP contribution < -0.4 is 14.8 Å². The summed E-state index contributed by atoms with van der Waals surface area (Å²) >= 11 is 0. The number of rotatable bonds is 11. The third-order valence-electron chi connectivity index (χ3n) is 5.29. The molecule has 1 amide bonds. The maximum absolute atomic E-state index is 13.0. The van der Waals surface area contributed by atoms with Crippen molar-refractivity contribution in [3.8, 4) is 11.5 Å². The van der Waals surface area contributed by atoms with Crippen LogP contribution in [0.15, 0.2) is 57.8 Å². The lowest BCUT2D eigenvalue weighted by Gasteiger charge is -2.23. The number of aromatic nitrogens is 2. The van der Waals surface area contributed by atoms with Crippen molar-refractivity contribution in [3.05, 3.63) is 60.0 Å². The number of amides is 1. The predicted molar refractivity (Wildman–Crippen MR) is 127 cm³/mol. The number of fused-ring (bicyclic) bond motifs is 1. The van der Waals surface area contributed by atoms with Crippen molar-refractivity contribution in [3.63, 3.8) is 0 Å². The average Bonchev–Trinajstić information content (AvgIpc) is 3.37. The molecule has 0 spiro atoms. The number of anilines is 1. The largest absolute Gasteiger partial charge is 0.485 e. The molecule has 2 heterocycles. The lowest BCUT2D eigenvalue weighted by Crippen LogP contribution is -2.36. The monoisotopic (exact) mass is 518 g/mol. The first-order valence-corrected chi connectivity index (χ1v) is 12.5. The van der Waals surface area contributed by atoms with Crippen molar-refractivity contribution in [1.82, 2.24) is 14.5 Å². The van der Waals surface area contributed by atoms with Crippen LogP contribution in [-0.2, 0) is 19.5 Å². The highest BCUT2D eigenvalue weighted by atomic mass is 32.2. The summed E-state index contributed by atoms with van der Waals surface area (Å²) in [5, 5.41) is 10.3. The van der Waals surface area contributed by atoms with Gasteiger partial charge in [-0.1, -0.05) is 17.2 Å². The van der Waals surface area contributed by atoms with Crippen LogP contribution in [0.5, 0.6) is 11.5 Å². The maximum Gasteiger partial charge on any atom is 0.322 e. The molecule has 0 bridgehead atoms. The second kappa shape index (κ2) is 11.5. The van der Waals surface area contributed by atoms with E-state index in [9.17, 15) is 13.2 Å². The van der Waals surface area contributed by atoms with Crippen molar-refractivity contribution < 1.29 is 36.6 Å². The Morgan fingerprint density at radius 1 is 1.03 bits per heavy atom. The summed E-state index contributed by atoms with van der Waals surface area (Å²) in [4.78, 5) is 12.7. The van der Waals surface area contributed by atoms with E-state index in [1.807, 2.05) is 12.1 Å². The summed E-state index contributed by atoms with van der Waals surface area (Å²) in [5.41, 5.74) is 0.209. The van der Waals surface area contributed by atoms with Crippen LogP contribution >= 0.6 is 0 Å². The molecular formula is C23H26N4O8S. The standard InChI is InChI=1S/C23H26N4O8S/c1-31-13-11-27(12-14-32-2)36(29,30)17-9-7-16(8-10-17)21(28)24-23-26-25-22(35-23)20-15-33-18-5-3-4-6-19(18)34-20/h3-10,20H,11-15H2,1-2H3,(H,24,26,28). The molecule has 4 rings (SSSR count). The van der Waals surface area contributed by atoms with Crippen molar-refractivity contribution >= 4 is 21.9 Å². The Labute approximate surface area is 208 Å². The van der Waals surface area contributed by atoms with Crippen molar-refractivity contribution in [2.75, 3.05) is 52.4 Å². The van der Waals surface area contributed by atoms with Crippen LogP contribution in [0.4, 0.5) is 6.01 Å². The molecule has 0 aliphatic carbocycles. The first-order valence-electron chi connectivity index (χ1n) is 11.0. The molecule has 0 saturated carbocycles. The van der Waals surface area contributed by atoms with Gasteiger partial charge in [-0.3, -0.25) is 10.1 Å². The van der Waals surface area contributed by atoms with Gasteiger partial charge in [-0.05, 0) is 36.4 Å². The molecule has 1 aliphatic heterocycles. The Bertz CT molecular complexity index is 1270. The number of carbonyl (C=O) groups is 1. The fraction of sp³-hybridized carbons (Fsp3) is 0.348. The van der Waals surface area contributed by atoms with Gasteiger partial charge >= 0.3 is 6.01 Å². The number of para-hydroxylation sites is 2. The number of hydrogen-bond acceptors (Lipinski definition) is 10. The molecule has 1 atom stereocenters. The summed E-state index contributed by atoms with van der Waals surface area (Å²) in [6, 6.07) is 12.6. The zero-order valence-electron chi connectivity index (χ0n) is 19.7. The number of carbonyl (C=O) groups excluding carboxylic acids is 1. The lowest BCUT2D eigenvalue weighted by atomic mass is 10.2. The number of sulfonamides is 1. The summed E-state index contributed by atoms with van der Waals surface area (Å²) in [7, 11) is -0.810. The number of methoxy groups -OCH3 is 2. The zero-order chi connectivity index (χ0) is 25.5. The van der Waals surface area contributed by atoms with Gasteiger partial charge in [-0.15, -0.1) is 5.10 Å². The van der Waals surface area contributed by atoms with Crippen LogP contribution in [0, 0.1) is 0 Å². The first-order chi connectivity index (χ1) is 17.4. The van der Waals surface area contributed by atoms with Crippen LogP contribution in [0.2, 0.25) is 0 Å². The molecular weight excluding hydrogens is 492 g/mol. The quantitative estimate of drug-likeness (QED) is 0.401. The van der Waals surface area contributed by atoms with Crippen LogP contribution in [0.25, 0.3) is 0 Å². The summed E-state index contributed by atoms with van der Waals surface area (Å²) in [5.74, 6) is 0.771. The Balaban J connectivity index is 1.40. The van der Waals surface area contributed by atoms with E-state index < -0.39 is 22.0 Å². The number of nitrogens with one attached hydrogen (secondary N) is 1. The van der Waals surface area contributed by atoms with E-state index >= 15 is 0 Å². The fourth-order valence-electron chi connectivity index (χ4n) is 3.39. The zero-order valence-corrected chi connectivity index (χ0v) is 20.6. The molecule has 13 heteroatoms. The summed E-state index contributed by atoms with van der Waals surface area (Å²) in [6.45, 7) is 0.991. The number of nitrogens with zero attached hydrogens (tertiary/aromatic N) is 3. The summed E-state index contributed by atoms with van der Waals surface area (Å²) in [6.07, 6.45) is -0.623. The summed E-state index contributed by atoms with van der Waals surface area (Å²) < 4.78 is 54.3. The second-order valence-corrected chi connectivity index (χ2v) is 9.62. The minimum atomic E-state index is -3.80. The average molecular weight is 519 g/mol. The molecule has 12 nitrogen and oxygen atoms in total. The highest BCUT2D eigenvalue weighted by Crippen LogP contribution is 2.35. The van der Waals surface area contributed by atoms with Gasteiger partial charge in [0.05, 0.1) is 18.1 Å². The molecule has 1 aliphatic rings. The molecule has 1 aromatic heterocycles. The van der Waals surface area contributed by atoms with Gasteiger partial charge in [0.1, 0.15) is 6.61 Å². The van der Waals surface area contributed by atoms with Gasteiger partial charge in [0.25, 0.3) is 11.8 Å². The number of hydrogen-bond donors (Lipinski definition) is 1. The van der Waals surface area contributed by atoms with Gasteiger partial charge in [0.2, 0.25) is 16.1 Å². The van der Waals surface area contributed by atoms with Crippen LogP contribution in [0.1, 0.15) is 22.4 Å². The molecule has 192 valence electrons. The molecule has 0 radical (unpaired) electrons. The Morgan fingerprint density at radius 3 is 2.36 bits per heavy atom. The van der Waals surface area contributed by atoms with Gasteiger partial charge in [0.15, 0.2) is 11.5 Å². The highest BCUT2D eigenvalue weighted by molar-refractivity contribution is 7.89. The second-order valence-electron chi connectivity index (χ2n) is 7.68. The maximum atomic E-state index is 13.0. The third-order valence-corrected chi connectivity index (χ3v) is 7.20. The minimum absolute atomic E-state index is 0.0426. The van der Waals surface area contributed by atoms with E-state index in [-0.39, 0.29) is 55.3 Å². The lowest BCUT2D eigenvalue weighted by molar-refractivity contribution is 0.0716. The SMILES string of the molecule is COCCN(CCOC)S(=O)(=O)c1ccc(C(=O)Nc2nnc(C3COc4ccccc4O3)o2)cc1. The van der Waals surface area contributed by atoms with E-state index in [2.05, 4.69) is 15.5 Å². The van der Waals surface area contributed by atoms with Gasteiger partial charge in [0, 0.05) is 32.9 Å².